The van der Waals surface area contributed by atoms with Crippen molar-refractivity contribution in [3.05, 3.63) is 34.9 Å². The summed E-state index contributed by atoms with van der Waals surface area (Å²) in [6, 6.07) is 8.56. The van der Waals surface area contributed by atoms with Gasteiger partial charge in [0.05, 0.1) is 0 Å². The highest BCUT2D eigenvalue weighted by Crippen LogP contribution is 2.40. The van der Waals surface area contributed by atoms with Crippen LogP contribution < -0.4 is 5.32 Å². The number of nitrogens with zero attached hydrogens (tertiary/aromatic N) is 2. The van der Waals surface area contributed by atoms with Crippen molar-refractivity contribution in [1.82, 2.24) is 10.2 Å². The quantitative estimate of drug-likeness (QED) is 0.818. The molecule has 1 saturated carbocycles. The third kappa shape index (κ3) is 3.41. The van der Waals surface area contributed by atoms with E-state index in [9.17, 15) is 0 Å². The molecule has 1 aliphatic rings. The van der Waals surface area contributed by atoms with Crippen molar-refractivity contribution in [3.63, 3.8) is 0 Å². The summed E-state index contributed by atoms with van der Waals surface area (Å²) in [7, 11) is 0. The molecule has 1 aromatic heterocycles. The van der Waals surface area contributed by atoms with Crippen molar-refractivity contribution in [2.45, 2.75) is 35.4 Å². The van der Waals surface area contributed by atoms with Gasteiger partial charge in [-0.3, -0.25) is 0 Å². The van der Waals surface area contributed by atoms with Gasteiger partial charge < -0.3 is 5.32 Å². The van der Waals surface area contributed by atoms with Crippen LogP contribution in [0.4, 0.5) is 5.13 Å². The summed E-state index contributed by atoms with van der Waals surface area (Å²) in [5, 5.41) is 13.8. The summed E-state index contributed by atoms with van der Waals surface area (Å²) in [5.41, 5.74) is 1.14. The molecular formula is C13H14ClN3S2. The Morgan fingerprint density at radius 3 is 2.89 bits per heavy atom. The van der Waals surface area contributed by atoms with E-state index in [-0.39, 0.29) is 5.25 Å². The first kappa shape index (κ1) is 13.2. The molecule has 3 nitrogen and oxygen atoms in total. The second-order valence-electron chi connectivity index (χ2n) is 4.57. The molecular weight excluding hydrogens is 298 g/mol. The average Bonchev–Trinajstić information content (AvgIpc) is 3.09. The third-order valence-electron chi connectivity index (χ3n) is 2.93. The van der Waals surface area contributed by atoms with E-state index < -0.39 is 0 Å². The zero-order valence-corrected chi connectivity index (χ0v) is 12.9. The van der Waals surface area contributed by atoms with Gasteiger partial charge in [-0.15, -0.1) is 10.2 Å². The number of aromatic nitrogens is 2. The Hall–Kier alpha value is -0.780. The highest BCUT2D eigenvalue weighted by molar-refractivity contribution is 8.01. The Labute approximate surface area is 125 Å². The van der Waals surface area contributed by atoms with Crippen molar-refractivity contribution in [3.8, 4) is 0 Å². The topological polar surface area (TPSA) is 37.8 Å². The SMILES string of the molecule is CC(Sc1nnc(NC2CC2)s1)c1ccccc1Cl. The molecule has 2 aromatic rings. The fraction of sp³-hybridized carbons (Fsp3) is 0.385. The van der Waals surface area contributed by atoms with E-state index >= 15 is 0 Å². The normalized spacial score (nSPS) is 16.3. The number of hydrogen-bond donors (Lipinski definition) is 1. The molecule has 19 heavy (non-hydrogen) atoms. The first-order valence-corrected chi connectivity index (χ1v) is 8.31. The van der Waals surface area contributed by atoms with Gasteiger partial charge in [-0.2, -0.15) is 0 Å². The predicted octanol–water partition coefficient (Wildman–Crippen LogP) is 4.62. The summed E-state index contributed by atoms with van der Waals surface area (Å²) in [5.74, 6) is 0. The minimum absolute atomic E-state index is 0.274. The van der Waals surface area contributed by atoms with Gasteiger partial charge in [0.15, 0.2) is 4.34 Å². The van der Waals surface area contributed by atoms with Gasteiger partial charge >= 0.3 is 0 Å². The number of thioether (sulfide) groups is 1. The lowest BCUT2D eigenvalue weighted by atomic mass is 10.2. The fourth-order valence-electron chi connectivity index (χ4n) is 1.74. The van der Waals surface area contributed by atoms with E-state index in [4.69, 9.17) is 11.6 Å². The van der Waals surface area contributed by atoms with Gasteiger partial charge in [-0.05, 0) is 31.4 Å². The number of halogens is 1. The molecule has 1 N–H and O–H groups in total. The van der Waals surface area contributed by atoms with Gasteiger partial charge in [0.2, 0.25) is 5.13 Å². The zero-order valence-electron chi connectivity index (χ0n) is 10.5. The van der Waals surface area contributed by atoms with Crippen LogP contribution in [0, 0.1) is 0 Å². The lowest BCUT2D eigenvalue weighted by Crippen LogP contribution is -1.99. The zero-order chi connectivity index (χ0) is 13.2. The Morgan fingerprint density at radius 1 is 1.37 bits per heavy atom. The molecule has 1 atom stereocenters. The molecule has 0 spiro atoms. The summed E-state index contributed by atoms with van der Waals surface area (Å²) >= 11 is 9.53. The summed E-state index contributed by atoms with van der Waals surface area (Å²) in [6.07, 6.45) is 2.50. The minimum Gasteiger partial charge on any atom is -0.357 e. The lowest BCUT2D eigenvalue weighted by Gasteiger charge is -2.10. The minimum atomic E-state index is 0.274. The van der Waals surface area contributed by atoms with Crippen LogP contribution in [-0.4, -0.2) is 16.2 Å². The standard InChI is InChI=1S/C13H14ClN3S2/c1-8(10-4-2-3-5-11(10)14)18-13-17-16-12(19-13)15-9-6-7-9/h2-5,8-9H,6-7H2,1H3,(H,15,16). The van der Waals surface area contributed by atoms with Crippen LogP contribution >= 0.6 is 34.7 Å². The van der Waals surface area contributed by atoms with E-state index in [1.807, 2.05) is 18.2 Å². The Morgan fingerprint density at radius 2 is 2.16 bits per heavy atom. The second-order valence-corrected chi connectivity index (χ2v) is 7.55. The number of benzene rings is 1. The monoisotopic (exact) mass is 311 g/mol. The van der Waals surface area contributed by atoms with Crippen LogP contribution in [0.3, 0.4) is 0 Å². The number of rotatable bonds is 5. The van der Waals surface area contributed by atoms with Crippen molar-refractivity contribution in [2.75, 3.05) is 5.32 Å². The molecule has 0 aliphatic heterocycles. The maximum absolute atomic E-state index is 6.21. The van der Waals surface area contributed by atoms with E-state index in [0.717, 1.165) is 20.1 Å². The molecule has 0 bridgehead atoms. The van der Waals surface area contributed by atoms with Crippen LogP contribution in [0.5, 0.6) is 0 Å². The van der Waals surface area contributed by atoms with Gasteiger partial charge in [0, 0.05) is 16.3 Å². The van der Waals surface area contributed by atoms with Gasteiger partial charge in [-0.1, -0.05) is 52.9 Å². The van der Waals surface area contributed by atoms with Gasteiger partial charge in [0.1, 0.15) is 0 Å². The van der Waals surface area contributed by atoms with Crippen LogP contribution in [0.2, 0.25) is 5.02 Å². The van der Waals surface area contributed by atoms with Crippen LogP contribution in [-0.2, 0) is 0 Å². The molecule has 6 heteroatoms. The van der Waals surface area contributed by atoms with E-state index in [0.29, 0.717) is 6.04 Å². The van der Waals surface area contributed by atoms with E-state index in [1.54, 1.807) is 23.1 Å². The highest BCUT2D eigenvalue weighted by Gasteiger charge is 2.22. The van der Waals surface area contributed by atoms with Crippen molar-refractivity contribution >= 4 is 39.8 Å². The van der Waals surface area contributed by atoms with Crippen LogP contribution in [0.1, 0.15) is 30.6 Å². The van der Waals surface area contributed by atoms with Crippen LogP contribution in [0.25, 0.3) is 0 Å². The third-order valence-corrected chi connectivity index (χ3v) is 5.35. The lowest BCUT2D eigenvalue weighted by molar-refractivity contribution is 0.986. The number of nitrogens with one attached hydrogen (secondary N) is 1. The molecule has 1 heterocycles. The smallest absolute Gasteiger partial charge is 0.206 e. The van der Waals surface area contributed by atoms with Gasteiger partial charge in [-0.25, -0.2) is 0 Å². The van der Waals surface area contributed by atoms with Crippen molar-refractivity contribution < 1.29 is 0 Å². The summed E-state index contributed by atoms with van der Waals surface area (Å²) in [6.45, 7) is 2.14. The molecule has 1 fully saturated rings. The molecule has 1 aliphatic carbocycles. The second kappa shape index (κ2) is 5.69. The number of anilines is 1. The summed E-state index contributed by atoms with van der Waals surface area (Å²) in [4.78, 5) is 0. The van der Waals surface area contributed by atoms with E-state index in [2.05, 4.69) is 28.5 Å². The summed E-state index contributed by atoms with van der Waals surface area (Å²) < 4.78 is 0.982. The molecule has 0 saturated heterocycles. The average molecular weight is 312 g/mol. The number of hydrogen-bond acceptors (Lipinski definition) is 5. The fourth-order valence-corrected chi connectivity index (χ4v) is 4.24. The first-order valence-electron chi connectivity index (χ1n) is 6.23. The molecule has 100 valence electrons. The van der Waals surface area contributed by atoms with Crippen LogP contribution in [0.15, 0.2) is 28.6 Å². The van der Waals surface area contributed by atoms with Crippen molar-refractivity contribution in [1.29, 1.82) is 0 Å². The molecule has 3 rings (SSSR count). The van der Waals surface area contributed by atoms with E-state index in [1.165, 1.54) is 12.8 Å². The Kier molecular flexibility index (Phi) is 3.96. The molecule has 0 radical (unpaired) electrons. The van der Waals surface area contributed by atoms with Gasteiger partial charge in [0.25, 0.3) is 0 Å². The largest absolute Gasteiger partial charge is 0.357 e. The maximum Gasteiger partial charge on any atom is 0.206 e. The Bertz CT molecular complexity index is 569. The Balaban J connectivity index is 1.66. The van der Waals surface area contributed by atoms with Crippen molar-refractivity contribution in [2.24, 2.45) is 0 Å². The molecule has 1 aromatic carbocycles. The first-order chi connectivity index (χ1) is 9.22. The molecule has 0 amide bonds. The predicted molar refractivity (Wildman–Crippen MR) is 82.3 cm³/mol. The highest BCUT2D eigenvalue weighted by atomic mass is 35.5. The maximum atomic E-state index is 6.21. The molecule has 1 unspecified atom stereocenters.